The largest absolute Gasteiger partial charge is 0.476 e. The predicted octanol–water partition coefficient (Wildman–Crippen LogP) is 5.96. The Morgan fingerprint density at radius 2 is 1.12 bits per heavy atom. The van der Waals surface area contributed by atoms with Crippen LogP contribution in [0.3, 0.4) is 0 Å². The predicted molar refractivity (Wildman–Crippen MR) is 193 cm³/mol. The van der Waals surface area contributed by atoms with Gasteiger partial charge in [0.1, 0.15) is 0 Å². The average Bonchev–Trinajstić information content (AvgIpc) is 3.89. The van der Waals surface area contributed by atoms with Gasteiger partial charge in [-0.1, -0.05) is 44.0 Å². The first-order valence-electron chi connectivity index (χ1n) is 14.9. The number of rotatable bonds is 6. The summed E-state index contributed by atoms with van der Waals surface area (Å²) in [4.78, 5) is 32.5. The van der Waals surface area contributed by atoms with Crippen molar-refractivity contribution >= 4 is 65.8 Å². The molecule has 50 heavy (non-hydrogen) atoms. The van der Waals surface area contributed by atoms with Crippen molar-refractivity contribution in [1.82, 2.24) is 49.1 Å². The molecular formula is C34H25Br2N11O3. The fourth-order valence-electron chi connectivity index (χ4n) is 5.34. The summed E-state index contributed by atoms with van der Waals surface area (Å²) in [7, 11) is 3.67. The molecule has 6 heterocycles. The van der Waals surface area contributed by atoms with E-state index in [9.17, 15) is 14.7 Å². The number of pyridine rings is 2. The molecule has 8 rings (SSSR count). The molecule has 0 radical (unpaired) electrons. The van der Waals surface area contributed by atoms with Gasteiger partial charge in [0.15, 0.2) is 22.7 Å². The molecule has 0 atom stereocenters. The van der Waals surface area contributed by atoms with Crippen LogP contribution >= 0.6 is 31.9 Å². The number of hydrogen-bond acceptors (Lipinski definition) is 8. The normalized spacial score (nSPS) is 11.1. The number of aromatic nitrogens is 10. The third-order valence-electron chi connectivity index (χ3n) is 7.61. The van der Waals surface area contributed by atoms with Crippen LogP contribution in [0, 0.1) is 0 Å². The van der Waals surface area contributed by atoms with Crippen LogP contribution in [0.25, 0.3) is 56.0 Å². The molecule has 14 nitrogen and oxygen atoms in total. The van der Waals surface area contributed by atoms with E-state index in [0.29, 0.717) is 22.1 Å². The zero-order chi connectivity index (χ0) is 35.1. The Kier molecular flexibility index (Phi) is 8.55. The van der Waals surface area contributed by atoms with E-state index in [0.717, 1.165) is 42.8 Å². The van der Waals surface area contributed by atoms with Crippen LogP contribution in [0.4, 0.5) is 0 Å². The van der Waals surface area contributed by atoms with E-state index in [-0.39, 0.29) is 11.4 Å². The van der Waals surface area contributed by atoms with Gasteiger partial charge in [0.05, 0.1) is 33.5 Å². The number of fused-ring (bicyclic) bond motifs is 2. The lowest BCUT2D eigenvalue weighted by Gasteiger charge is -2.03. The third-order valence-corrected chi connectivity index (χ3v) is 8.59. The molecular weight excluding hydrogens is 770 g/mol. The molecule has 8 aromatic rings. The number of nitrogens with zero attached hydrogens (tertiary/aromatic N) is 10. The Morgan fingerprint density at radius 1 is 0.660 bits per heavy atom. The van der Waals surface area contributed by atoms with Gasteiger partial charge in [0.2, 0.25) is 0 Å². The maximum atomic E-state index is 11.9. The molecule has 6 aromatic heterocycles. The molecule has 0 aliphatic rings. The van der Waals surface area contributed by atoms with Gasteiger partial charge in [-0.2, -0.15) is 20.4 Å². The highest BCUT2D eigenvalue weighted by atomic mass is 79.9. The summed E-state index contributed by atoms with van der Waals surface area (Å²) >= 11 is 6.86. The van der Waals surface area contributed by atoms with Gasteiger partial charge in [0, 0.05) is 59.0 Å². The lowest BCUT2D eigenvalue weighted by molar-refractivity contribution is 0.0691. The summed E-state index contributed by atoms with van der Waals surface area (Å²) in [6.07, 6.45) is 7.06. The summed E-state index contributed by atoms with van der Waals surface area (Å²) < 4.78 is 8.31. The summed E-state index contributed by atoms with van der Waals surface area (Å²) in [6.45, 7) is 0. The highest BCUT2D eigenvalue weighted by Gasteiger charge is 2.21. The second-order valence-corrected chi connectivity index (χ2v) is 12.9. The molecule has 0 aliphatic heterocycles. The molecule has 0 aliphatic carbocycles. The molecule has 2 aromatic carbocycles. The Hall–Kier alpha value is -6.00. The summed E-state index contributed by atoms with van der Waals surface area (Å²) in [5.41, 5.74) is 11.2. The number of carbonyl (C=O) groups excluding carboxylic acids is 1. The number of aryl methyl sites for hydroxylation is 2. The molecule has 3 N–H and O–H groups in total. The van der Waals surface area contributed by atoms with Crippen molar-refractivity contribution in [2.24, 2.45) is 19.8 Å². The van der Waals surface area contributed by atoms with Crippen molar-refractivity contribution in [2.75, 3.05) is 0 Å². The van der Waals surface area contributed by atoms with Crippen LogP contribution in [0.15, 0.2) is 107 Å². The Labute approximate surface area is 300 Å². The van der Waals surface area contributed by atoms with E-state index >= 15 is 0 Å². The van der Waals surface area contributed by atoms with Crippen molar-refractivity contribution in [2.45, 2.75) is 0 Å². The smallest absolute Gasteiger partial charge is 0.357 e. The highest BCUT2D eigenvalue weighted by Crippen LogP contribution is 2.28. The topological polar surface area (TPSA) is 177 Å². The van der Waals surface area contributed by atoms with Crippen molar-refractivity contribution in [3.05, 3.63) is 118 Å². The Balaban J connectivity index is 0.000000157. The van der Waals surface area contributed by atoms with Gasteiger partial charge in [-0.05, 0) is 60.7 Å². The number of primary amides is 1. The second kappa shape index (κ2) is 13.1. The van der Waals surface area contributed by atoms with E-state index < -0.39 is 11.9 Å². The molecule has 0 spiro atoms. The summed E-state index contributed by atoms with van der Waals surface area (Å²) in [5, 5.41) is 27.9. The number of nitrogens with two attached hydrogens (primary N) is 1. The first-order valence-corrected chi connectivity index (χ1v) is 16.5. The number of hydrogen-bond donors (Lipinski definition) is 2. The first kappa shape index (κ1) is 32.5. The molecule has 0 saturated carbocycles. The van der Waals surface area contributed by atoms with E-state index in [2.05, 4.69) is 62.2 Å². The van der Waals surface area contributed by atoms with Crippen LogP contribution in [0.5, 0.6) is 0 Å². The van der Waals surface area contributed by atoms with Crippen molar-refractivity contribution < 1.29 is 14.7 Å². The average molecular weight is 795 g/mol. The Morgan fingerprint density at radius 3 is 1.52 bits per heavy atom. The lowest BCUT2D eigenvalue weighted by atomic mass is 10.1. The minimum Gasteiger partial charge on any atom is -0.476 e. The standard InChI is InChI=1S/C17H13BrN6O.C17H12BrN5O2/c1-23-6-5-14(21-23)10-7-13-15(16(19)25)22-24(17(13)20-9-10)12-4-2-3-11(18)8-12;1-22-6-5-14(20-22)10-7-13-15(17(24)25)21-23(16(13)19-9-10)12-4-2-3-11(18)8-12/h2-9H,1H3,(H2,19,25);2-9H,1H3,(H,24,25). The molecule has 0 bridgehead atoms. The van der Waals surface area contributed by atoms with Crippen molar-refractivity contribution in [3.8, 4) is 33.9 Å². The number of halogens is 2. The van der Waals surface area contributed by atoms with Gasteiger partial charge in [-0.25, -0.2) is 24.1 Å². The van der Waals surface area contributed by atoms with Crippen LogP contribution in [-0.2, 0) is 14.1 Å². The minimum atomic E-state index is -1.10. The maximum Gasteiger partial charge on any atom is 0.357 e. The van der Waals surface area contributed by atoms with E-state index in [1.54, 1.807) is 32.5 Å². The molecule has 248 valence electrons. The molecule has 0 saturated heterocycles. The molecule has 16 heteroatoms. The lowest BCUT2D eigenvalue weighted by Crippen LogP contribution is -2.12. The highest BCUT2D eigenvalue weighted by molar-refractivity contribution is 9.10. The number of carbonyl (C=O) groups is 2. The fraction of sp³-hybridized carbons (Fsp3) is 0.0588. The first-order chi connectivity index (χ1) is 24.0. The van der Waals surface area contributed by atoms with Gasteiger partial charge in [0.25, 0.3) is 5.91 Å². The number of carboxylic acids is 1. The summed E-state index contributed by atoms with van der Waals surface area (Å²) in [6, 6.07) is 22.4. The molecule has 0 fully saturated rings. The van der Waals surface area contributed by atoms with Gasteiger partial charge in [-0.3, -0.25) is 14.2 Å². The Bertz CT molecular complexity index is 2410. The van der Waals surface area contributed by atoms with E-state index in [4.69, 9.17) is 5.73 Å². The zero-order valence-corrected chi connectivity index (χ0v) is 29.5. The van der Waals surface area contributed by atoms with Crippen LogP contribution in [0.1, 0.15) is 21.0 Å². The van der Waals surface area contributed by atoms with E-state index in [1.165, 1.54) is 4.68 Å². The SMILES string of the molecule is Cn1ccc(-c2cnc3c(c2)c(C(=O)O)nn3-c2cccc(Br)c2)n1.Cn1ccc(-c2cnc3c(c2)c(C(N)=O)nn3-c2cccc(Br)c2)n1. The van der Waals surface area contributed by atoms with Gasteiger partial charge < -0.3 is 10.8 Å². The van der Waals surface area contributed by atoms with E-state index in [1.807, 2.05) is 93.2 Å². The number of amides is 1. The zero-order valence-electron chi connectivity index (χ0n) is 26.3. The molecule has 1 amide bonds. The quantitative estimate of drug-likeness (QED) is 0.206. The maximum absolute atomic E-state index is 11.9. The van der Waals surface area contributed by atoms with Gasteiger partial charge >= 0.3 is 5.97 Å². The monoisotopic (exact) mass is 793 g/mol. The van der Waals surface area contributed by atoms with Gasteiger partial charge in [-0.15, -0.1) is 0 Å². The van der Waals surface area contributed by atoms with Crippen LogP contribution in [0.2, 0.25) is 0 Å². The van der Waals surface area contributed by atoms with Crippen molar-refractivity contribution in [1.29, 1.82) is 0 Å². The fourth-order valence-corrected chi connectivity index (χ4v) is 6.11. The third kappa shape index (κ3) is 6.28. The van der Waals surface area contributed by atoms with Crippen LogP contribution in [-0.4, -0.2) is 66.1 Å². The summed E-state index contributed by atoms with van der Waals surface area (Å²) in [5.74, 6) is -1.70. The van der Waals surface area contributed by atoms with Crippen molar-refractivity contribution in [3.63, 3.8) is 0 Å². The second-order valence-electron chi connectivity index (χ2n) is 11.1. The molecule has 0 unspecified atom stereocenters. The minimum absolute atomic E-state index is 0.0414. The number of carboxylic acid groups (broad SMARTS) is 1. The number of aromatic carboxylic acids is 1. The van der Waals surface area contributed by atoms with Crippen LogP contribution < -0.4 is 5.73 Å². The number of benzene rings is 2.